The summed E-state index contributed by atoms with van der Waals surface area (Å²) in [6.45, 7) is 11.2. The Labute approximate surface area is 95.2 Å². The average molecular weight is 230 g/mol. The maximum atomic E-state index is 9.90. The summed E-state index contributed by atoms with van der Waals surface area (Å²) >= 11 is 0. The van der Waals surface area contributed by atoms with E-state index in [0.717, 1.165) is 19.3 Å². The molecule has 1 saturated carbocycles. The van der Waals surface area contributed by atoms with Gasteiger partial charge in [-0.25, -0.2) is 0 Å². The van der Waals surface area contributed by atoms with Crippen LogP contribution in [0.1, 0.15) is 46.5 Å². The molecule has 2 atom stereocenters. The molecule has 15 heavy (non-hydrogen) atoms. The van der Waals surface area contributed by atoms with E-state index in [9.17, 15) is 5.11 Å². The van der Waals surface area contributed by atoms with Crippen molar-refractivity contribution in [2.75, 3.05) is 0 Å². The fraction of sp³-hybridized carbons (Fsp3) is 1.00. The number of aliphatic hydroxyl groups excluding tert-OH is 1. The van der Waals surface area contributed by atoms with Gasteiger partial charge in [0.15, 0.2) is 8.32 Å². The van der Waals surface area contributed by atoms with Gasteiger partial charge in [0, 0.05) is 0 Å². The standard InChI is InChI=1S/C12H26O2Si/c1-12(2,3)15(4,5)14-11-9-7-6-8-10(11)13/h10-11,13H,6-9H2,1-5H3/t10-,11-/m1/s1. The lowest BCUT2D eigenvalue weighted by Crippen LogP contribution is -2.47. The minimum Gasteiger partial charge on any atom is -0.411 e. The monoisotopic (exact) mass is 230 g/mol. The maximum absolute atomic E-state index is 9.90. The van der Waals surface area contributed by atoms with Gasteiger partial charge in [0.1, 0.15) is 0 Å². The molecule has 0 aromatic heterocycles. The van der Waals surface area contributed by atoms with Crippen molar-refractivity contribution < 1.29 is 9.53 Å². The SMILES string of the molecule is CC(C)(C)[Si](C)(C)O[C@@H]1CCCC[C@H]1O. The van der Waals surface area contributed by atoms with Gasteiger partial charge >= 0.3 is 0 Å². The van der Waals surface area contributed by atoms with Gasteiger partial charge in [0.2, 0.25) is 0 Å². The number of aliphatic hydroxyl groups is 1. The Kier molecular flexibility index (Phi) is 4.01. The van der Waals surface area contributed by atoms with E-state index in [1.54, 1.807) is 0 Å². The number of hydrogen-bond donors (Lipinski definition) is 1. The first-order valence-corrected chi connectivity index (χ1v) is 9.01. The molecule has 1 aliphatic carbocycles. The molecule has 0 spiro atoms. The summed E-state index contributed by atoms with van der Waals surface area (Å²) in [5, 5.41) is 10.1. The second-order valence-electron chi connectivity index (χ2n) is 6.27. The fourth-order valence-corrected chi connectivity index (χ4v) is 3.16. The van der Waals surface area contributed by atoms with Gasteiger partial charge in [-0.05, 0) is 31.0 Å². The van der Waals surface area contributed by atoms with Gasteiger partial charge in [0.25, 0.3) is 0 Å². The van der Waals surface area contributed by atoms with Crippen molar-refractivity contribution in [1.82, 2.24) is 0 Å². The molecule has 0 aromatic rings. The molecular weight excluding hydrogens is 204 g/mol. The summed E-state index contributed by atoms with van der Waals surface area (Å²) < 4.78 is 6.24. The van der Waals surface area contributed by atoms with Gasteiger partial charge in [-0.15, -0.1) is 0 Å². The van der Waals surface area contributed by atoms with Crippen molar-refractivity contribution in [2.45, 2.75) is 76.8 Å². The highest BCUT2D eigenvalue weighted by molar-refractivity contribution is 6.74. The molecule has 1 fully saturated rings. The van der Waals surface area contributed by atoms with E-state index in [1.807, 2.05) is 0 Å². The lowest BCUT2D eigenvalue weighted by atomic mass is 9.95. The first-order chi connectivity index (χ1) is 6.74. The van der Waals surface area contributed by atoms with Crippen LogP contribution in [0, 0.1) is 0 Å². The molecule has 0 radical (unpaired) electrons. The van der Waals surface area contributed by atoms with E-state index in [1.165, 1.54) is 6.42 Å². The van der Waals surface area contributed by atoms with Gasteiger partial charge in [-0.2, -0.15) is 0 Å². The highest BCUT2D eigenvalue weighted by atomic mass is 28.4. The Bertz CT molecular complexity index is 208. The topological polar surface area (TPSA) is 29.5 Å². The molecular formula is C12H26O2Si. The molecule has 0 amide bonds. The zero-order valence-corrected chi connectivity index (χ0v) is 11.8. The van der Waals surface area contributed by atoms with Crippen LogP contribution in [0.3, 0.4) is 0 Å². The summed E-state index contributed by atoms with van der Waals surface area (Å²) in [7, 11) is -1.69. The second-order valence-corrected chi connectivity index (χ2v) is 11.0. The molecule has 0 bridgehead atoms. The summed E-state index contributed by atoms with van der Waals surface area (Å²) in [6.07, 6.45) is 4.18. The lowest BCUT2D eigenvalue weighted by molar-refractivity contribution is -0.000962. The van der Waals surface area contributed by atoms with Crippen LogP contribution in [0.25, 0.3) is 0 Å². The minimum atomic E-state index is -1.69. The highest BCUT2D eigenvalue weighted by Crippen LogP contribution is 2.39. The molecule has 3 heteroatoms. The van der Waals surface area contributed by atoms with E-state index in [0.29, 0.717) is 0 Å². The molecule has 2 nitrogen and oxygen atoms in total. The van der Waals surface area contributed by atoms with Gasteiger partial charge in [-0.1, -0.05) is 33.6 Å². The van der Waals surface area contributed by atoms with Crippen molar-refractivity contribution in [3.05, 3.63) is 0 Å². The van der Waals surface area contributed by atoms with E-state index >= 15 is 0 Å². The third kappa shape index (κ3) is 3.30. The molecule has 0 unspecified atom stereocenters. The minimum absolute atomic E-state index is 0.0969. The molecule has 0 aromatic carbocycles. The van der Waals surface area contributed by atoms with Crippen LogP contribution >= 0.6 is 0 Å². The highest BCUT2D eigenvalue weighted by Gasteiger charge is 2.40. The van der Waals surface area contributed by atoms with Crippen LogP contribution in [0.4, 0.5) is 0 Å². The Morgan fingerprint density at radius 1 is 1.13 bits per heavy atom. The normalized spacial score (nSPS) is 29.2. The zero-order valence-electron chi connectivity index (χ0n) is 10.8. The van der Waals surface area contributed by atoms with Crippen molar-refractivity contribution in [2.24, 2.45) is 0 Å². The van der Waals surface area contributed by atoms with Crippen LogP contribution in [0.15, 0.2) is 0 Å². The first-order valence-electron chi connectivity index (χ1n) is 6.10. The van der Waals surface area contributed by atoms with Gasteiger partial charge in [-0.3, -0.25) is 0 Å². The third-order valence-electron chi connectivity index (χ3n) is 3.92. The lowest BCUT2D eigenvalue weighted by Gasteiger charge is -2.41. The Balaban J connectivity index is 2.59. The largest absolute Gasteiger partial charge is 0.411 e. The van der Waals surface area contributed by atoms with Crippen LogP contribution in [-0.2, 0) is 4.43 Å². The third-order valence-corrected chi connectivity index (χ3v) is 8.42. The van der Waals surface area contributed by atoms with E-state index < -0.39 is 8.32 Å². The predicted molar refractivity (Wildman–Crippen MR) is 66.5 cm³/mol. The molecule has 0 aliphatic heterocycles. The molecule has 0 saturated heterocycles. The molecule has 1 N–H and O–H groups in total. The molecule has 90 valence electrons. The van der Waals surface area contributed by atoms with Gasteiger partial charge in [0.05, 0.1) is 12.2 Å². The first kappa shape index (κ1) is 13.2. The molecule has 1 rings (SSSR count). The quantitative estimate of drug-likeness (QED) is 0.738. The fourth-order valence-electron chi connectivity index (χ4n) is 1.77. The number of rotatable bonds is 2. The predicted octanol–water partition coefficient (Wildman–Crippen LogP) is 3.31. The van der Waals surface area contributed by atoms with Gasteiger partial charge < -0.3 is 9.53 Å². The smallest absolute Gasteiger partial charge is 0.192 e. The second kappa shape index (κ2) is 4.56. The maximum Gasteiger partial charge on any atom is 0.192 e. The Hall–Kier alpha value is 0.137. The van der Waals surface area contributed by atoms with Crippen molar-refractivity contribution in [3.63, 3.8) is 0 Å². The van der Waals surface area contributed by atoms with Crippen LogP contribution in [0.2, 0.25) is 18.1 Å². The average Bonchev–Trinajstić information content (AvgIpc) is 2.06. The van der Waals surface area contributed by atoms with Crippen LogP contribution in [-0.4, -0.2) is 25.6 Å². The Morgan fingerprint density at radius 2 is 1.67 bits per heavy atom. The van der Waals surface area contributed by atoms with Crippen molar-refractivity contribution in [3.8, 4) is 0 Å². The van der Waals surface area contributed by atoms with Crippen molar-refractivity contribution in [1.29, 1.82) is 0 Å². The summed E-state index contributed by atoms with van der Waals surface area (Å²) in [5.74, 6) is 0. The summed E-state index contributed by atoms with van der Waals surface area (Å²) in [4.78, 5) is 0. The van der Waals surface area contributed by atoms with Crippen LogP contribution < -0.4 is 0 Å². The van der Waals surface area contributed by atoms with E-state index in [2.05, 4.69) is 33.9 Å². The van der Waals surface area contributed by atoms with Crippen molar-refractivity contribution >= 4 is 8.32 Å². The van der Waals surface area contributed by atoms with E-state index in [4.69, 9.17) is 4.43 Å². The molecule has 0 heterocycles. The zero-order chi connectivity index (χ0) is 11.7. The summed E-state index contributed by atoms with van der Waals surface area (Å²) in [6, 6.07) is 0. The molecule has 1 aliphatic rings. The van der Waals surface area contributed by atoms with Crippen LogP contribution in [0.5, 0.6) is 0 Å². The number of hydrogen-bond acceptors (Lipinski definition) is 2. The van der Waals surface area contributed by atoms with E-state index in [-0.39, 0.29) is 17.2 Å². The summed E-state index contributed by atoms with van der Waals surface area (Å²) in [5.41, 5.74) is 0. The Morgan fingerprint density at radius 3 is 2.13 bits per heavy atom.